The van der Waals surface area contributed by atoms with E-state index < -0.39 is 4.92 Å². The van der Waals surface area contributed by atoms with E-state index >= 15 is 0 Å². The lowest BCUT2D eigenvalue weighted by Crippen LogP contribution is -2.46. The van der Waals surface area contributed by atoms with Crippen molar-refractivity contribution in [2.75, 3.05) is 36.0 Å². The molecule has 0 atom stereocenters. The molecule has 0 amide bonds. The Labute approximate surface area is 134 Å². The lowest BCUT2D eigenvalue weighted by atomic mass is 10.1. The van der Waals surface area contributed by atoms with E-state index in [4.69, 9.17) is 0 Å². The highest BCUT2D eigenvalue weighted by Gasteiger charge is 2.21. The quantitative estimate of drug-likeness (QED) is 0.644. The summed E-state index contributed by atoms with van der Waals surface area (Å²) in [6, 6.07) is 16.8. The van der Waals surface area contributed by atoms with Gasteiger partial charge in [-0.1, -0.05) is 18.2 Å². The van der Waals surface area contributed by atoms with Gasteiger partial charge in [-0.15, -0.1) is 0 Å². The Balaban J connectivity index is 1.75. The maximum Gasteiger partial charge on any atom is 0.270 e. The number of rotatable bonds is 3. The van der Waals surface area contributed by atoms with E-state index in [0.29, 0.717) is 5.56 Å². The number of anilines is 2. The fraction of sp³-hybridized carbons (Fsp3) is 0.235. The molecule has 1 fully saturated rings. The third-order valence-electron chi connectivity index (χ3n) is 4.05. The van der Waals surface area contributed by atoms with Gasteiger partial charge in [0.25, 0.3) is 5.69 Å². The van der Waals surface area contributed by atoms with Gasteiger partial charge in [0.05, 0.1) is 16.2 Å². The van der Waals surface area contributed by atoms with Gasteiger partial charge in [-0.2, -0.15) is 5.26 Å². The van der Waals surface area contributed by atoms with Crippen molar-refractivity contribution in [1.29, 1.82) is 5.26 Å². The second kappa shape index (κ2) is 6.36. The van der Waals surface area contributed by atoms with Crippen LogP contribution in [0.5, 0.6) is 0 Å². The zero-order valence-electron chi connectivity index (χ0n) is 12.6. The van der Waals surface area contributed by atoms with E-state index in [9.17, 15) is 15.4 Å². The van der Waals surface area contributed by atoms with Crippen molar-refractivity contribution in [2.45, 2.75) is 0 Å². The van der Waals surface area contributed by atoms with Crippen molar-refractivity contribution >= 4 is 17.1 Å². The molecule has 6 heteroatoms. The number of para-hydroxylation sites is 1. The highest BCUT2D eigenvalue weighted by atomic mass is 16.6. The molecule has 0 N–H and O–H groups in total. The van der Waals surface area contributed by atoms with Crippen LogP contribution in [-0.4, -0.2) is 31.1 Å². The highest BCUT2D eigenvalue weighted by Crippen LogP contribution is 2.26. The predicted molar refractivity (Wildman–Crippen MR) is 88.7 cm³/mol. The highest BCUT2D eigenvalue weighted by molar-refractivity contribution is 5.63. The van der Waals surface area contributed by atoms with Gasteiger partial charge in [0.1, 0.15) is 6.07 Å². The summed E-state index contributed by atoms with van der Waals surface area (Å²) in [6.07, 6.45) is 0. The van der Waals surface area contributed by atoms with Crippen molar-refractivity contribution in [2.24, 2.45) is 0 Å². The van der Waals surface area contributed by atoms with Crippen LogP contribution in [0.15, 0.2) is 48.5 Å². The maximum absolute atomic E-state index is 10.8. The minimum absolute atomic E-state index is 0.0479. The number of nitro benzene ring substituents is 1. The molecule has 0 spiro atoms. The first kappa shape index (κ1) is 14.9. The zero-order chi connectivity index (χ0) is 16.2. The van der Waals surface area contributed by atoms with Gasteiger partial charge in [0.2, 0.25) is 0 Å². The van der Waals surface area contributed by atoms with E-state index in [1.54, 1.807) is 6.07 Å². The van der Waals surface area contributed by atoms with Crippen molar-refractivity contribution in [3.63, 3.8) is 0 Å². The van der Waals surface area contributed by atoms with Gasteiger partial charge in [0.15, 0.2) is 0 Å². The second-order valence-electron chi connectivity index (χ2n) is 5.38. The van der Waals surface area contributed by atoms with Gasteiger partial charge in [0, 0.05) is 44.0 Å². The Morgan fingerprint density at radius 2 is 1.65 bits per heavy atom. The van der Waals surface area contributed by atoms with Gasteiger partial charge >= 0.3 is 0 Å². The molecular formula is C17H16N4O2. The van der Waals surface area contributed by atoms with Crippen LogP contribution in [-0.2, 0) is 0 Å². The molecule has 0 saturated carbocycles. The molecule has 1 aliphatic rings. The molecule has 0 aromatic heterocycles. The fourth-order valence-corrected chi connectivity index (χ4v) is 2.85. The topological polar surface area (TPSA) is 73.4 Å². The van der Waals surface area contributed by atoms with Crippen LogP contribution in [0.2, 0.25) is 0 Å². The normalized spacial score (nSPS) is 14.4. The molecule has 2 aromatic rings. The standard InChI is InChI=1S/C17H16N4O2/c18-13-14-12-16(21(22)23)6-7-17(14)20-10-8-19(9-11-20)15-4-2-1-3-5-15/h1-7,12H,8-11H2. The first-order chi connectivity index (χ1) is 11.2. The van der Waals surface area contributed by atoms with Crippen molar-refractivity contribution < 1.29 is 4.92 Å². The van der Waals surface area contributed by atoms with Crippen LogP contribution in [0, 0.1) is 21.4 Å². The molecule has 116 valence electrons. The van der Waals surface area contributed by atoms with Crippen LogP contribution < -0.4 is 9.80 Å². The number of nitrogens with zero attached hydrogens (tertiary/aromatic N) is 4. The number of benzene rings is 2. The Morgan fingerprint density at radius 1 is 1.00 bits per heavy atom. The van der Waals surface area contributed by atoms with Crippen LogP contribution in [0.3, 0.4) is 0 Å². The molecule has 1 aliphatic heterocycles. The van der Waals surface area contributed by atoms with Gasteiger partial charge in [-0.3, -0.25) is 10.1 Å². The number of hydrogen-bond acceptors (Lipinski definition) is 5. The SMILES string of the molecule is N#Cc1cc([N+](=O)[O-])ccc1N1CCN(c2ccccc2)CC1. The lowest BCUT2D eigenvalue weighted by molar-refractivity contribution is -0.384. The number of nitro groups is 1. The average Bonchev–Trinajstić information content (AvgIpc) is 2.62. The Bertz CT molecular complexity index is 747. The molecule has 0 bridgehead atoms. The molecule has 3 rings (SSSR count). The molecule has 2 aromatic carbocycles. The molecule has 0 aliphatic carbocycles. The molecule has 0 radical (unpaired) electrons. The summed E-state index contributed by atoms with van der Waals surface area (Å²) in [4.78, 5) is 14.8. The summed E-state index contributed by atoms with van der Waals surface area (Å²) < 4.78 is 0. The van der Waals surface area contributed by atoms with Crippen LogP contribution in [0.25, 0.3) is 0 Å². The Kier molecular flexibility index (Phi) is 4.11. The van der Waals surface area contributed by atoms with Gasteiger partial charge in [-0.25, -0.2) is 0 Å². The summed E-state index contributed by atoms with van der Waals surface area (Å²) in [5, 5.41) is 20.1. The van der Waals surface area contributed by atoms with Crippen molar-refractivity contribution in [3.8, 4) is 6.07 Å². The molecule has 23 heavy (non-hydrogen) atoms. The second-order valence-corrected chi connectivity index (χ2v) is 5.38. The molecule has 1 heterocycles. The molecule has 0 unspecified atom stereocenters. The number of piperazine rings is 1. The smallest absolute Gasteiger partial charge is 0.270 e. The van der Waals surface area contributed by atoms with E-state index in [-0.39, 0.29) is 5.69 Å². The summed E-state index contributed by atoms with van der Waals surface area (Å²) in [5.74, 6) is 0. The monoisotopic (exact) mass is 308 g/mol. The predicted octanol–water partition coefficient (Wildman–Crippen LogP) is 2.79. The van der Waals surface area contributed by atoms with Crippen LogP contribution in [0.1, 0.15) is 5.56 Å². The van der Waals surface area contributed by atoms with E-state index in [1.807, 2.05) is 18.2 Å². The van der Waals surface area contributed by atoms with Crippen molar-refractivity contribution in [3.05, 3.63) is 64.2 Å². The van der Waals surface area contributed by atoms with Gasteiger partial charge in [-0.05, 0) is 18.2 Å². The summed E-state index contributed by atoms with van der Waals surface area (Å²) >= 11 is 0. The van der Waals surface area contributed by atoms with E-state index in [1.165, 1.54) is 17.8 Å². The third kappa shape index (κ3) is 3.09. The minimum Gasteiger partial charge on any atom is -0.368 e. The lowest BCUT2D eigenvalue weighted by Gasteiger charge is -2.37. The fourth-order valence-electron chi connectivity index (χ4n) is 2.85. The van der Waals surface area contributed by atoms with Crippen molar-refractivity contribution in [1.82, 2.24) is 0 Å². The number of nitriles is 1. The minimum atomic E-state index is -0.474. The molecule has 1 saturated heterocycles. The maximum atomic E-state index is 10.8. The summed E-state index contributed by atoms with van der Waals surface area (Å²) in [5.41, 5.74) is 2.27. The largest absolute Gasteiger partial charge is 0.368 e. The Hall–Kier alpha value is -3.07. The van der Waals surface area contributed by atoms with E-state index in [0.717, 1.165) is 31.9 Å². The molecule has 6 nitrogen and oxygen atoms in total. The van der Waals surface area contributed by atoms with Gasteiger partial charge < -0.3 is 9.80 Å². The van der Waals surface area contributed by atoms with Crippen LogP contribution in [0.4, 0.5) is 17.1 Å². The Morgan fingerprint density at radius 3 is 2.26 bits per heavy atom. The number of non-ortho nitro benzene ring substituents is 1. The summed E-state index contributed by atoms with van der Waals surface area (Å²) in [6.45, 7) is 3.26. The first-order valence-electron chi connectivity index (χ1n) is 7.42. The first-order valence-corrected chi connectivity index (χ1v) is 7.42. The van der Waals surface area contributed by atoms with Crippen LogP contribution >= 0.6 is 0 Å². The number of hydrogen-bond donors (Lipinski definition) is 0. The third-order valence-corrected chi connectivity index (χ3v) is 4.05. The molecular weight excluding hydrogens is 292 g/mol. The summed E-state index contributed by atoms with van der Waals surface area (Å²) in [7, 11) is 0. The average molecular weight is 308 g/mol. The zero-order valence-corrected chi connectivity index (χ0v) is 12.6. The van der Waals surface area contributed by atoms with E-state index in [2.05, 4.69) is 28.0 Å².